The van der Waals surface area contributed by atoms with Crippen LogP contribution in [0.15, 0.2) is 51.0 Å². The molecule has 0 radical (unpaired) electrons. The molecule has 0 saturated heterocycles. The van der Waals surface area contributed by atoms with Gasteiger partial charge in [0.05, 0.1) is 5.69 Å². The predicted molar refractivity (Wildman–Crippen MR) is 50.8 cm³/mol. The lowest BCUT2D eigenvalue weighted by Gasteiger charge is -1.93. The van der Waals surface area contributed by atoms with Crippen molar-refractivity contribution < 1.29 is 0 Å². The van der Waals surface area contributed by atoms with Crippen LogP contribution in [-0.4, -0.2) is 4.98 Å². The van der Waals surface area contributed by atoms with E-state index in [-0.39, 0.29) is 6.17 Å². The predicted octanol–water partition coefficient (Wildman–Crippen LogP) is 3.00. The van der Waals surface area contributed by atoms with Gasteiger partial charge in [0.25, 0.3) is 0 Å². The summed E-state index contributed by atoms with van der Waals surface area (Å²) in [5.41, 5.74) is 2.01. The number of hydrogen-bond acceptors (Lipinski definition) is 4. The van der Waals surface area contributed by atoms with Gasteiger partial charge in [-0.05, 0) is 28.0 Å². The summed E-state index contributed by atoms with van der Waals surface area (Å²) in [5, 5.41) is 15.8. The minimum absolute atomic E-state index is 0.289. The fourth-order valence-electron chi connectivity index (χ4n) is 1.53. The van der Waals surface area contributed by atoms with Crippen molar-refractivity contribution in [2.45, 2.75) is 6.17 Å². The summed E-state index contributed by atoms with van der Waals surface area (Å²) in [4.78, 5) is 3.23. The highest BCUT2D eigenvalue weighted by Crippen LogP contribution is 2.26. The zero-order valence-corrected chi connectivity index (χ0v) is 7.25. The fraction of sp³-hybridized carbons (Fsp3) is 0.111. The van der Waals surface area contributed by atoms with Crippen LogP contribution in [0.1, 0.15) is 11.9 Å². The minimum Gasteiger partial charge on any atom is -0.355 e. The summed E-state index contributed by atoms with van der Waals surface area (Å²) in [6.07, 6.45) is -0.289. The van der Waals surface area contributed by atoms with Crippen LogP contribution in [0.5, 0.6) is 0 Å². The molecule has 1 aromatic heterocycles. The van der Waals surface area contributed by atoms with Crippen LogP contribution in [0.4, 0.5) is 0 Å². The van der Waals surface area contributed by atoms with E-state index in [1.54, 1.807) is 0 Å². The molecule has 1 aliphatic rings. The summed E-state index contributed by atoms with van der Waals surface area (Å²) in [7, 11) is 0. The van der Waals surface area contributed by atoms with Crippen molar-refractivity contribution in [1.29, 1.82) is 0 Å². The topological polar surface area (TPSA) is 65.2 Å². The Balaban J connectivity index is 2.14. The Morgan fingerprint density at radius 2 is 1.86 bits per heavy atom. The molecule has 14 heavy (non-hydrogen) atoms. The molecule has 0 bridgehead atoms. The highest BCUT2D eigenvalue weighted by molar-refractivity contribution is 5.80. The van der Waals surface area contributed by atoms with Gasteiger partial charge >= 0.3 is 0 Å². The SMILES string of the molecule is c1ccc2[nH]c(C3N=NN=N3)cc2c1. The number of benzene rings is 1. The van der Waals surface area contributed by atoms with Crippen LogP contribution in [0.2, 0.25) is 0 Å². The van der Waals surface area contributed by atoms with Gasteiger partial charge in [-0.15, -0.1) is 10.2 Å². The van der Waals surface area contributed by atoms with E-state index in [1.807, 2.05) is 30.3 Å². The number of fused-ring (bicyclic) bond motifs is 1. The highest BCUT2D eigenvalue weighted by atomic mass is 15.6. The zero-order valence-electron chi connectivity index (χ0n) is 7.25. The standard InChI is InChI=1S/C9H7N5/c1-2-4-7-6(3-1)5-8(10-7)9-11-13-14-12-9/h1-5,9-10H. The van der Waals surface area contributed by atoms with E-state index >= 15 is 0 Å². The molecule has 0 atom stereocenters. The maximum Gasteiger partial charge on any atom is 0.224 e. The normalized spacial score (nSPS) is 15.7. The first-order chi connectivity index (χ1) is 6.93. The van der Waals surface area contributed by atoms with Crippen molar-refractivity contribution >= 4 is 10.9 Å². The molecule has 1 N–H and O–H groups in total. The van der Waals surface area contributed by atoms with Crippen LogP contribution in [0, 0.1) is 0 Å². The summed E-state index contributed by atoms with van der Waals surface area (Å²) in [5.74, 6) is 0. The molecule has 0 fully saturated rings. The molecule has 2 heterocycles. The van der Waals surface area contributed by atoms with Gasteiger partial charge in [0.15, 0.2) is 0 Å². The van der Waals surface area contributed by atoms with Crippen LogP contribution in [0.3, 0.4) is 0 Å². The quantitative estimate of drug-likeness (QED) is 0.709. The number of aromatic amines is 1. The van der Waals surface area contributed by atoms with Gasteiger partial charge in [-0.1, -0.05) is 18.2 Å². The van der Waals surface area contributed by atoms with Gasteiger partial charge in [-0.2, -0.15) is 0 Å². The van der Waals surface area contributed by atoms with E-state index in [0.717, 1.165) is 16.6 Å². The van der Waals surface area contributed by atoms with Gasteiger partial charge in [-0.25, -0.2) is 0 Å². The van der Waals surface area contributed by atoms with Crippen molar-refractivity contribution in [3.63, 3.8) is 0 Å². The molecule has 0 spiro atoms. The summed E-state index contributed by atoms with van der Waals surface area (Å²) in [6.45, 7) is 0. The second kappa shape index (κ2) is 2.73. The molecular weight excluding hydrogens is 178 g/mol. The number of H-pyrrole nitrogens is 1. The molecule has 0 unspecified atom stereocenters. The van der Waals surface area contributed by atoms with Crippen LogP contribution >= 0.6 is 0 Å². The molecule has 1 aliphatic heterocycles. The van der Waals surface area contributed by atoms with E-state index in [2.05, 4.69) is 25.7 Å². The maximum atomic E-state index is 3.86. The first-order valence-corrected chi connectivity index (χ1v) is 4.31. The lowest BCUT2D eigenvalue weighted by Crippen LogP contribution is -1.86. The second-order valence-electron chi connectivity index (χ2n) is 3.10. The molecule has 2 aromatic rings. The molecule has 68 valence electrons. The third-order valence-corrected chi connectivity index (χ3v) is 2.19. The summed E-state index contributed by atoms with van der Waals surface area (Å²) >= 11 is 0. The van der Waals surface area contributed by atoms with Crippen molar-refractivity contribution in [3.05, 3.63) is 36.0 Å². The van der Waals surface area contributed by atoms with Gasteiger partial charge < -0.3 is 4.98 Å². The number of nitrogens with one attached hydrogen (secondary N) is 1. The first kappa shape index (κ1) is 7.37. The van der Waals surface area contributed by atoms with Crippen molar-refractivity contribution in [1.82, 2.24) is 4.98 Å². The molecule has 3 rings (SSSR count). The monoisotopic (exact) mass is 185 g/mol. The number of hydrogen-bond donors (Lipinski definition) is 1. The van der Waals surface area contributed by atoms with Crippen LogP contribution < -0.4 is 0 Å². The summed E-state index contributed by atoms with van der Waals surface area (Å²) in [6, 6.07) is 10.1. The van der Waals surface area contributed by atoms with Crippen molar-refractivity contribution in [2.75, 3.05) is 0 Å². The highest BCUT2D eigenvalue weighted by Gasteiger charge is 2.14. The third kappa shape index (κ3) is 1.02. The van der Waals surface area contributed by atoms with Crippen molar-refractivity contribution in [2.24, 2.45) is 20.7 Å². The largest absolute Gasteiger partial charge is 0.355 e. The number of nitrogens with zero attached hydrogens (tertiary/aromatic N) is 4. The third-order valence-electron chi connectivity index (χ3n) is 2.19. The number of para-hydroxylation sites is 1. The van der Waals surface area contributed by atoms with Crippen LogP contribution in [-0.2, 0) is 0 Å². The second-order valence-corrected chi connectivity index (χ2v) is 3.10. The fourth-order valence-corrected chi connectivity index (χ4v) is 1.53. The Kier molecular flexibility index (Phi) is 1.44. The first-order valence-electron chi connectivity index (χ1n) is 4.31. The van der Waals surface area contributed by atoms with E-state index < -0.39 is 0 Å². The average Bonchev–Trinajstić information content (AvgIpc) is 2.86. The average molecular weight is 185 g/mol. The van der Waals surface area contributed by atoms with E-state index in [0.29, 0.717) is 0 Å². The van der Waals surface area contributed by atoms with Gasteiger partial charge in [0.2, 0.25) is 6.17 Å². The number of aromatic nitrogens is 1. The minimum atomic E-state index is -0.289. The molecule has 5 nitrogen and oxygen atoms in total. The van der Waals surface area contributed by atoms with Gasteiger partial charge in [-0.3, -0.25) is 0 Å². The van der Waals surface area contributed by atoms with Crippen LogP contribution in [0.25, 0.3) is 10.9 Å². The Labute approximate surface area is 79.5 Å². The van der Waals surface area contributed by atoms with Gasteiger partial charge in [0, 0.05) is 5.52 Å². The van der Waals surface area contributed by atoms with E-state index in [1.165, 1.54) is 0 Å². The molecule has 0 amide bonds. The molecule has 1 aromatic carbocycles. The smallest absolute Gasteiger partial charge is 0.224 e. The Morgan fingerprint density at radius 3 is 2.64 bits per heavy atom. The molecule has 0 aliphatic carbocycles. The van der Waals surface area contributed by atoms with E-state index in [4.69, 9.17) is 0 Å². The molecule has 5 heteroatoms. The molecular formula is C9H7N5. The summed E-state index contributed by atoms with van der Waals surface area (Å²) < 4.78 is 0. The number of rotatable bonds is 1. The Morgan fingerprint density at radius 1 is 1.07 bits per heavy atom. The Bertz CT molecular complexity index is 480. The lowest BCUT2D eigenvalue weighted by atomic mass is 10.2. The maximum absolute atomic E-state index is 3.86. The zero-order chi connectivity index (χ0) is 9.38. The Hall–Kier alpha value is -2.04. The lowest BCUT2D eigenvalue weighted by molar-refractivity contribution is 0.743. The van der Waals surface area contributed by atoms with Gasteiger partial charge in [0.1, 0.15) is 0 Å². The van der Waals surface area contributed by atoms with Crippen molar-refractivity contribution in [3.8, 4) is 0 Å². The molecule has 0 saturated carbocycles. The van der Waals surface area contributed by atoms with E-state index in [9.17, 15) is 0 Å².